The number of aromatic nitrogens is 2. The van der Waals surface area contributed by atoms with Gasteiger partial charge in [-0.05, 0) is 36.6 Å². The third-order valence-electron chi connectivity index (χ3n) is 5.64. The molecule has 1 aliphatic heterocycles. The van der Waals surface area contributed by atoms with Crippen LogP contribution in [0.15, 0.2) is 60.9 Å². The van der Waals surface area contributed by atoms with Crippen LogP contribution in [-0.2, 0) is 24.0 Å². The minimum atomic E-state index is -4.48. The third kappa shape index (κ3) is 5.42. The second-order valence-corrected chi connectivity index (χ2v) is 7.93. The Morgan fingerprint density at radius 3 is 2.64 bits per heavy atom. The van der Waals surface area contributed by atoms with E-state index in [4.69, 9.17) is 4.74 Å². The van der Waals surface area contributed by atoms with E-state index in [0.717, 1.165) is 18.9 Å². The smallest absolute Gasteiger partial charge is 0.376 e. The van der Waals surface area contributed by atoms with Crippen molar-refractivity contribution in [2.24, 2.45) is 0 Å². The van der Waals surface area contributed by atoms with Crippen molar-refractivity contribution in [3.05, 3.63) is 89.3 Å². The van der Waals surface area contributed by atoms with Crippen molar-refractivity contribution in [2.75, 3.05) is 13.2 Å². The first-order chi connectivity index (χ1) is 15.8. The van der Waals surface area contributed by atoms with Crippen LogP contribution in [0.5, 0.6) is 0 Å². The number of benzene rings is 2. The number of amides is 1. The summed E-state index contributed by atoms with van der Waals surface area (Å²) in [5.74, 6) is -0.759. The first-order valence-corrected chi connectivity index (χ1v) is 10.6. The van der Waals surface area contributed by atoms with Gasteiger partial charge in [-0.1, -0.05) is 30.3 Å². The number of nitrogens with zero attached hydrogens (tertiary/aromatic N) is 3. The van der Waals surface area contributed by atoms with Gasteiger partial charge in [-0.15, -0.1) is 0 Å². The average Bonchev–Trinajstić information content (AvgIpc) is 3.45. The van der Waals surface area contributed by atoms with E-state index in [9.17, 15) is 22.4 Å². The van der Waals surface area contributed by atoms with E-state index < -0.39 is 23.5 Å². The molecule has 4 rings (SSSR count). The van der Waals surface area contributed by atoms with Crippen LogP contribution in [0.3, 0.4) is 0 Å². The van der Waals surface area contributed by atoms with E-state index >= 15 is 0 Å². The highest BCUT2D eigenvalue weighted by atomic mass is 19.4. The lowest BCUT2D eigenvalue weighted by Crippen LogP contribution is -2.38. The monoisotopic (exact) mass is 461 g/mol. The molecule has 1 amide bonds. The number of carbonyl (C=O) groups excluding carboxylic acids is 1. The van der Waals surface area contributed by atoms with Crippen LogP contribution in [0.4, 0.5) is 17.6 Å². The lowest BCUT2D eigenvalue weighted by molar-refractivity contribution is -0.138. The van der Waals surface area contributed by atoms with Gasteiger partial charge in [-0.25, -0.2) is 9.37 Å². The molecule has 5 nitrogen and oxygen atoms in total. The van der Waals surface area contributed by atoms with Gasteiger partial charge in [-0.2, -0.15) is 13.2 Å². The highest BCUT2D eigenvalue weighted by Crippen LogP contribution is 2.32. The van der Waals surface area contributed by atoms with Gasteiger partial charge in [0, 0.05) is 32.1 Å². The van der Waals surface area contributed by atoms with Gasteiger partial charge in [0.05, 0.1) is 23.8 Å². The molecular weight excluding hydrogens is 438 g/mol. The van der Waals surface area contributed by atoms with Crippen LogP contribution >= 0.6 is 0 Å². The fraction of sp³-hybridized carbons (Fsp3) is 0.333. The summed E-state index contributed by atoms with van der Waals surface area (Å²) in [6.07, 6.45) is 0.0206. The van der Waals surface area contributed by atoms with Crippen LogP contribution in [0.2, 0.25) is 0 Å². The zero-order chi connectivity index (χ0) is 23.4. The molecule has 0 spiro atoms. The molecule has 2 heterocycles. The van der Waals surface area contributed by atoms with E-state index in [1.54, 1.807) is 22.9 Å². The molecule has 1 unspecified atom stereocenters. The maximum absolute atomic E-state index is 14.3. The Labute approximate surface area is 188 Å². The predicted octanol–water partition coefficient (Wildman–Crippen LogP) is 4.91. The average molecular weight is 461 g/mol. The molecule has 1 aliphatic rings. The molecule has 0 saturated carbocycles. The van der Waals surface area contributed by atoms with Crippen LogP contribution in [0, 0.1) is 5.82 Å². The summed E-state index contributed by atoms with van der Waals surface area (Å²) in [6, 6.07) is 11.1. The molecule has 1 fully saturated rings. The van der Waals surface area contributed by atoms with E-state index in [0.29, 0.717) is 12.4 Å². The van der Waals surface area contributed by atoms with Crippen molar-refractivity contribution in [1.29, 1.82) is 0 Å². The van der Waals surface area contributed by atoms with E-state index in [2.05, 4.69) is 4.98 Å². The molecule has 0 radical (unpaired) electrons. The standard InChI is InChI=1S/C24H23F4N3O2/c25-21-10-4-2-8-19(21)23(32)31(15-18-7-5-13-33-18)16-22-29-11-12-30(22)14-17-6-1-3-9-20(17)24(26,27)28/h1-4,6,8-12,18H,5,7,13-16H2. The van der Waals surface area contributed by atoms with Crippen LogP contribution < -0.4 is 0 Å². The van der Waals surface area contributed by atoms with Gasteiger partial charge in [0.25, 0.3) is 5.91 Å². The van der Waals surface area contributed by atoms with Gasteiger partial charge in [0.15, 0.2) is 0 Å². The maximum Gasteiger partial charge on any atom is 0.416 e. The lowest BCUT2D eigenvalue weighted by Gasteiger charge is -2.26. The Morgan fingerprint density at radius 1 is 1.15 bits per heavy atom. The Hall–Kier alpha value is -3.20. The highest BCUT2D eigenvalue weighted by molar-refractivity contribution is 5.94. The Kier molecular flexibility index (Phi) is 6.78. The highest BCUT2D eigenvalue weighted by Gasteiger charge is 2.33. The maximum atomic E-state index is 14.3. The van der Waals surface area contributed by atoms with Crippen LogP contribution in [-0.4, -0.2) is 39.6 Å². The Balaban J connectivity index is 1.60. The van der Waals surface area contributed by atoms with Gasteiger partial charge in [-0.3, -0.25) is 4.79 Å². The largest absolute Gasteiger partial charge is 0.416 e. The quantitative estimate of drug-likeness (QED) is 0.470. The molecule has 2 aromatic carbocycles. The molecule has 0 bridgehead atoms. The van der Waals surface area contributed by atoms with Crippen molar-refractivity contribution in [2.45, 2.75) is 38.2 Å². The molecule has 3 aromatic rings. The third-order valence-corrected chi connectivity index (χ3v) is 5.64. The summed E-state index contributed by atoms with van der Waals surface area (Å²) >= 11 is 0. The molecular formula is C24H23F4N3O2. The van der Waals surface area contributed by atoms with Crippen molar-refractivity contribution < 1.29 is 27.1 Å². The zero-order valence-corrected chi connectivity index (χ0v) is 17.8. The number of rotatable bonds is 7. The fourth-order valence-corrected chi connectivity index (χ4v) is 3.98. The normalized spacial score (nSPS) is 16.2. The second kappa shape index (κ2) is 9.74. The van der Waals surface area contributed by atoms with Gasteiger partial charge in [0.2, 0.25) is 0 Å². The Morgan fingerprint density at radius 2 is 1.91 bits per heavy atom. The first kappa shape index (κ1) is 23.0. The summed E-state index contributed by atoms with van der Waals surface area (Å²) in [7, 11) is 0. The molecule has 9 heteroatoms. The molecule has 1 aromatic heterocycles. The molecule has 174 valence electrons. The SMILES string of the molecule is O=C(c1ccccc1F)N(Cc1nccn1Cc1ccccc1C(F)(F)F)CC1CCCO1. The minimum absolute atomic E-state index is 0.00815. The molecule has 1 atom stereocenters. The fourth-order valence-electron chi connectivity index (χ4n) is 3.98. The Bertz CT molecular complexity index is 1110. The number of alkyl halides is 3. The van der Waals surface area contributed by atoms with Gasteiger partial charge >= 0.3 is 6.18 Å². The summed E-state index contributed by atoms with van der Waals surface area (Å²) in [5, 5.41) is 0. The summed E-state index contributed by atoms with van der Waals surface area (Å²) in [5.41, 5.74) is -0.699. The van der Waals surface area contributed by atoms with Crippen molar-refractivity contribution in [1.82, 2.24) is 14.5 Å². The van der Waals surface area contributed by atoms with Crippen LogP contribution in [0.1, 0.15) is 40.2 Å². The summed E-state index contributed by atoms with van der Waals surface area (Å²) < 4.78 is 61.8. The second-order valence-electron chi connectivity index (χ2n) is 7.93. The number of hydrogen-bond acceptors (Lipinski definition) is 3. The van der Waals surface area contributed by atoms with Crippen molar-refractivity contribution in [3.63, 3.8) is 0 Å². The molecule has 33 heavy (non-hydrogen) atoms. The minimum Gasteiger partial charge on any atom is -0.376 e. The molecule has 0 N–H and O–H groups in total. The number of hydrogen-bond donors (Lipinski definition) is 0. The zero-order valence-electron chi connectivity index (χ0n) is 17.8. The van der Waals surface area contributed by atoms with E-state index in [1.807, 2.05) is 0 Å². The van der Waals surface area contributed by atoms with Crippen molar-refractivity contribution >= 4 is 5.91 Å². The van der Waals surface area contributed by atoms with Crippen LogP contribution in [0.25, 0.3) is 0 Å². The summed E-state index contributed by atoms with van der Waals surface area (Å²) in [6.45, 7) is 0.773. The number of ether oxygens (including phenoxy) is 1. The van der Waals surface area contributed by atoms with E-state index in [-0.39, 0.29) is 36.9 Å². The molecule has 1 saturated heterocycles. The molecule has 0 aliphatic carbocycles. The topological polar surface area (TPSA) is 47.4 Å². The first-order valence-electron chi connectivity index (χ1n) is 10.6. The van der Waals surface area contributed by atoms with Crippen molar-refractivity contribution in [3.8, 4) is 0 Å². The van der Waals surface area contributed by atoms with E-state index in [1.165, 1.54) is 41.4 Å². The summed E-state index contributed by atoms with van der Waals surface area (Å²) in [4.78, 5) is 18.9. The number of carbonyl (C=O) groups is 1. The van der Waals surface area contributed by atoms with Gasteiger partial charge < -0.3 is 14.2 Å². The van der Waals surface area contributed by atoms with Gasteiger partial charge in [0.1, 0.15) is 11.6 Å². The number of halogens is 4. The number of imidazole rings is 1. The predicted molar refractivity (Wildman–Crippen MR) is 113 cm³/mol. The lowest BCUT2D eigenvalue weighted by atomic mass is 10.1.